The number of hydrogen-bond donors (Lipinski definition) is 1. The predicted molar refractivity (Wildman–Crippen MR) is 114 cm³/mol. The third-order valence-corrected chi connectivity index (χ3v) is 5.75. The van der Waals surface area contributed by atoms with Crippen molar-refractivity contribution in [2.75, 3.05) is 13.7 Å². The fourth-order valence-corrected chi connectivity index (χ4v) is 3.98. The highest BCUT2D eigenvalue weighted by Gasteiger charge is 2.34. The van der Waals surface area contributed by atoms with Gasteiger partial charge in [-0.1, -0.05) is 35.9 Å². The lowest BCUT2D eigenvalue weighted by molar-refractivity contribution is -0.131. The van der Waals surface area contributed by atoms with E-state index >= 15 is 0 Å². The van der Waals surface area contributed by atoms with E-state index < -0.39 is 0 Å². The van der Waals surface area contributed by atoms with Crippen LogP contribution in [0.5, 0.6) is 0 Å². The molecule has 1 aliphatic rings. The Kier molecular flexibility index (Phi) is 7.29. The van der Waals surface area contributed by atoms with Crippen molar-refractivity contribution in [1.29, 1.82) is 0 Å². The maximum absolute atomic E-state index is 12.5. The SMILES string of the molecule is COC(=O)c1ccc(CNCC[C@@H]2CCC(=O)N2[C@@H](C)c2ccc(Cl)cc2)cc1. The maximum Gasteiger partial charge on any atom is 0.337 e. The lowest BCUT2D eigenvalue weighted by Gasteiger charge is -2.31. The van der Waals surface area contributed by atoms with E-state index in [1.54, 1.807) is 12.1 Å². The van der Waals surface area contributed by atoms with Gasteiger partial charge in [-0.15, -0.1) is 0 Å². The van der Waals surface area contributed by atoms with Crippen LogP contribution < -0.4 is 5.32 Å². The molecule has 1 aliphatic heterocycles. The second-order valence-corrected chi connectivity index (χ2v) is 7.81. The molecule has 154 valence electrons. The molecule has 29 heavy (non-hydrogen) atoms. The van der Waals surface area contributed by atoms with Gasteiger partial charge in [-0.05, 0) is 61.7 Å². The summed E-state index contributed by atoms with van der Waals surface area (Å²) < 4.78 is 4.71. The summed E-state index contributed by atoms with van der Waals surface area (Å²) in [5, 5.41) is 4.14. The molecule has 2 atom stereocenters. The number of esters is 1. The standard InChI is InChI=1S/C23H27ClN2O3/c1-16(18-7-9-20(24)10-8-18)26-21(11-12-22(26)27)13-14-25-15-17-3-5-19(6-4-17)23(28)29-2/h3-10,16,21,25H,11-15H2,1-2H3/t16-,21-/m0/s1. The van der Waals surface area contributed by atoms with Crippen molar-refractivity contribution in [3.8, 4) is 0 Å². The van der Waals surface area contributed by atoms with Gasteiger partial charge in [0.2, 0.25) is 5.91 Å². The summed E-state index contributed by atoms with van der Waals surface area (Å²) in [6.45, 7) is 3.62. The number of carbonyl (C=O) groups excluding carboxylic acids is 2. The fourth-order valence-electron chi connectivity index (χ4n) is 3.86. The van der Waals surface area contributed by atoms with Gasteiger partial charge < -0.3 is 15.0 Å². The zero-order valence-electron chi connectivity index (χ0n) is 16.9. The van der Waals surface area contributed by atoms with Crippen molar-refractivity contribution in [3.63, 3.8) is 0 Å². The third-order valence-electron chi connectivity index (χ3n) is 5.50. The molecule has 3 rings (SSSR count). The summed E-state index contributed by atoms with van der Waals surface area (Å²) in [5.74, 6) is -0.110. The molecule has 1 amide bonds. The van der Waals surface area contributed by atoms with E-state index in [1.807, 2.05) is 41.3 Å². The number of hydrogen-bond acceptors (Lipinski definition) is 4. The van der Waals surface area contributed by atoms with Gasteiger partial charge in [0.25, 0.3) is 0 Å². The molecule has 2 aromatic carbocycles. The average Bonchev–Trinajstić information content (AvgIpc) is 3.11. The average molecular weight is 415 g/mol. The van der Waals surface area contributed by atoms with Crippen molar-refractivity contribution in [3.05, 3.63) is 70.2 Å². The molecule has 0 aromatic heterocycles. The molecule has 2 aromatic rings. The van der Waals surface area contributed by atoms with Crippen LogP contribution in [-0.4, -0.2) is 36.5 Å². The number of rotatable bonds is 8. The van der Waals surface area contributed by atoms with E-state index in [-0.39, 0.29) is 24.0 Å². The van der Waals surface area contributed by atoms with Crippen LogP contribution in [0, 0.1) is 0 Å². The molecular weight excluding hydrogens is 388 g/mol. The maximum atomic E-state index is 12.5. The molecule has 0 bridgehead atoms. The smallest absolute Gasteiger partial charge is 0.337 e. The Labute approximate surface area is 177 Å². The lowest BCUT2D eigenvalue weighted by Crippen LogP contribution is -2.37. The van der Waals surface area contributed by atoms with Gasteiger partial charge in [-0.2, -0.15) is 0 Å². The molecule has 0 spiro atoms. The Bertz CT molecular complexity index is 836. The van der Waals surface area contributed by atoms with Crippen LogP contribution in [0.1, 0.15) is 53.7 Å². The Morgan fingerprint density at radius 3 is 2.55 bits per heavy atom. The van der Waals surface area contributed by atoms with Gasteiger partial charge in [-0.3, -0.25) is 4.79 Å². The first kappa shape index (κ1) is 21.3. The Balaban J connectivity index is 1.51. The molecule has 6 heteroatoms. The van der Waals surface area contributed by atoms with E-state index in [4.69, 9.17) is 16.3 Å². The molecule has 1 saturated heterocycles. The molecule has 1 fully saturated rings. The largest absolute Gasteiger partial charge is 0.465 e. The predicted octanol–water partition coefficient (Wildman–Crippen LogP) is 4.36. The number of likely N-dealkylation sites (tertiary alicyclic amines) is 1. The van der Waals surface area contributed by atoms with Crippen molar-refractivity contribution in [2.45, 2.75) is 44.8 Å². The molecule has 0 radical (unpaired) electrons. The van der Waals surface area contributed by atoms with Crippen molar-refractivity contribution >= 4 is 23.5 Å². The minimum atomic E-state index is -0.328. The van der Waals surface area contributed by atoms with Gasteiger partial charge in [0.1, 0.15) is 0 Å². The molecule has 1 heterocycles. The number of methoxy groups -OCH3 is 1. The van der Waals surface area contributed by atoms with Gasteiger partial charge >= 0.3 is 5.97 Å². The van der Waals surface area contributed by atoms with Crippen LogP contribution >= 0.6 is 11.6 Å². The number of carbonyl (C=O) groups is 2. The Morgan fingerprint density at radius 1 is 1.21 bits per heavy atom. The highest BCUT2D eigenvalue weighted by Crippen LogP contribution is 2.32. The normalized spacial score (nSPS) is 17.4. The fraction of sp³-hybridized carbons (Fsp3) is 0.391. The highest BCUT2D eigenvalue weighted by atomic mass is 35.5. The van der Waals surface area contributed by atoms with Gasteiger partial charge in [-0.25, -0.2) is 4.79 Å². The van der Waals surface area contributed by atoms with Crippen molar-refractivity contribution in [2.24, 2.45) is 0 Å². The zero-order chi connectivity index (χ0) is 20.8. The molecule has 5 nitrogen and oxygen atoms in total. The number of amides is 1. The highest BCUT2D eigenvalue weighted by molar-refractivity contribution is 6.30. The summed E-state index contributed by atoms with van der Waals surface area (Å²) >= 11 is 5.99. The van der Waals surface area contributed by atoms with Crippen LogP contribution in [0.3, 0.4) is 0 Å². The number of nitrogens with zero attached hydrogens (tertiary/aromatic N) is 1. The second-order valence-electron chi connectivity index (χ2n) is 7.37. The molecular formula is C23H27ClN2O3. The lowest BCUT2D eigenvalue weighted by atomic mass is 10.0. The molecule has 0 unspecified atom stereocenters. The number of benzene rings is 2. The monoisotopic (exact) mass is 414 g/mol. The van der Waals surface area contributed by atoms with E-state index in [9.17, 15) is 9.59 Å². The summed E-state index contributed by atoms with van der Waals surface area (Å²) in [6, 6.07) is 15.4. The zero-order valence-corrected chi connectivity index (χ0v) is 17.6. The second kappa shape index (κ2) is 9.90. The van der Waals surface area contributed by atoms with Crippen LogP contribution in [0.2, 0.25) is 5.02 Å². The molecule has 0 aliphatic carbocycles. The van der Waals surface area contributed by atoms with Crippen LogP contribution in [0.25, 0.3) is 0 Å². The van der Waals surface area contributed by atoms with E-state index in [2.05, 4.69) is 12.2 Å². The molecule has 1 N–H and O–H groups in total. The Hall–Kier alpha value is -2.37. The first-order valence-electron chi connectivity index (χ1n) is 9.94. The minimum absolute atomic E-state index is 0.0399. The third kappa shape index (κ3) is 5.37. The summed E-state index contributed by atoms with van der Waals surface area (Å²) in [5.41, 5.74) is 2.76. The van der Waals surface area contributed by atoms with Gasteiger partial charge in [0, 0.05) is 24.0 Å². The van der Waals surface area contributed by atoms with Crippen molar-refractivity contribution in [1.82, 2.24) is 10.2 Å². The number of halogens is 1. The van der Waals surface area contributed by atoms with Gasteiger partial charge in [0.15, 0.2) is 0 Å². The van der Waals surface area contributed by atoms with Crippen LogP contribution in [-0.2, 0) is 16.1 Å². The topological polar surface area (TPSA) is 58.6 Å². The number of ether oxygens (including phenoxy) is 1. The van der Waals surface area contributed by atoms with Crippen molar-refractivity contribution < 1.29 is 14.3 Å². The quantitative estimate of drug-likeness (QED) is 0.515. The van der Waals surface area contributed by atoms with Gasteiger partial charge in [0.05, 0.1) is 18.7 Å². The first-order valence-corrected chi connectivity index (χ1v) is 10.3. The van der Waals surface area contributed by atoms with E-state index in [1.165, 1.54) is 7.11 Å². The van der Waals surface area contributed by atoms with Crippen LogP contribution in [0.15, 0.2) is 48.5 Å². The van der Waals surface area contributed by atoms with E-state index in [0.29, 0.717) is 17.0 Å². The van der Waals surface area contributed by atoms with Crippen LogP contribution in [0.4, 0.5) is 0 Å². The summed E-state index contributed by atoms with van der Waals surface area (Å²) in [7, 11) is 1.38. The molecule has 0 saturated carbocycles. The van der Waals surface area contributed by atoms with E-state index in [0.717, 1.165) is 37.1 Å². The Morgan fingerprint density at radius 2 is 1.90 bits per heavy atom. The summed E-state index contributed by atoms with van der Waals surface area (Å²) in [4.78, 5) is 26.0. The first-order chi connectivity index (χ1) is 14.0. The summed E-state index contributed by atoms with van der Waals surface area (Å²) in [6.07, 6.45) is 2.41. The minimum Gasteiger partial charge on any atom is -0.465 e. The number of nitrogens with one attached hydrogen (secondary N) is 1.